The van der Waals surface area contributed by atoms with Crippen molar-refractivity contribution in [1.82, 2.24) is 19.7 Å². The zero-order valence-corrected chi connectivity index (χ0v) is 35.2. The lowest BCUT2D eigenvalue weighted by molar-refractivity contribution is 0.918. The van der Waals surface area contributed by atoms with Gasteiger partial charge in [0.25, 0.3) is 0 Å². The Morgan fingerprint density at radius 2 is 0.785 bits per heavy atom. The minimum atomic E-state index is 0.910. The van der Waals surface area contributed by atoms with Crippen LogP contribution >= 0.6 is 0 Å². The van der Waals surface area contributed by atoms with E-state index in [9.17, 15) is 0 Å². The molecule has 0 bridgehead atoms. The highest BCUT2D eigenvalue weighted by atomic mass is 15.3. The number of hydrogen-bond acceptors (Lipinski definition) is 3. The van der Waals surface area contributed by atoms with Gasteiger partial charge in [-0.2, -0.15) is 5.10 Å². The Labute approximate surface area is 375 Å². The zero-order valence-electron chi connectivity index (χ0n) is 35.2. The Kier molecular flexibility index (Phi) is 8.50. The number of hydrogen-bond donors (Lipinski definition) is 0. The number of rotatable bonds is 6. The van der Waals surface area contributed by atoms with Crippen LogP contribution in [0.5, 0.6) is 0 Å². The fourth-order valence-electron chi connectivity index (χ4n) is 9.90. The van der Waals surface area contributed by atoms with Gasteiger partial charge in [-0.1, -0.05) is 194 Å². The Hall–Kier alpha value is -8.73. The molecule has 13 rings (SSSR count). The lowest BCUT2D eigenvalue weighted by Crippen LogP contribution is -1.97. The van der Waals surface area contributed by atoms with Crippen LogP contribution < -0.4 is 0 Å². The van der Waals surface area contributed by atoms with Crippen LogP contribution in [0.25, 0.3) is 127 Å². The maximum Gasteiger partial charge on any atom is 0.101 e. The molecule has 65 heavy (non-hydrogen) atoms. The van der Waals surface area contributed by atoms with E-state index < -0.39 is 0 Å². The van der Waals surface area contributed by atoms with Gasteiger partial charge >= 0.3 is 0 Å². The summed E-state index contributed by atoms with van der Waals surface area (Å²) in [6.07, 6.45) is 0. The van der Waals surface area contributed by atoms with Crippen molar-refractivity contribution in [1.29, 1.82) is 0 Å². The van der Waals surface area contributed by atoms with Crippen LogP contribution in [0.1, 0.15) is 0 Å². The first-order valence-corrected chi connectivity index (χ1v) is 22.1. The third-order valence-electron chi connectivity index (χ3n) is 13.0. The molecule has 0 N–H and O–H groups in total. The largest absolute Gasteiger partial charge is 0.245 e. The fraction of sp³-hybridized carbons (Fsp3) is 0. The van der Waals surface area contributed by atoms with Crippen molar-refractivity contribution >= 4 is 65.0 Å². The van der Waals surface area contributed by atoms with E-state index in [1.54, 1.807) is 0 Å². The molecule has 13 aromatic rings. The summed E-state index contributed by atoms with van der Waals surface area (Å²) in [4.78, 5) is 10.4. The van der Waals surface area contributed by atoms with Gasteiger partial charge in [0, 0.05) is 43.8 Å². The average Bonchev–Trinajstić information content (AvgIpc) is 3.79. The van der Waals surface area contributed by atoms with Crippen molar-refractivity contribution in [3.8, 4) is 61.7 Å². The van der Waals surface area contributed by atoms with Crippen LogP contribution in [0.2, 0.25) is 0 Å². The van der Waals surface area contributed by atoms with Crippen molar-refractivity contribution < 1.29 is 0 Å². The monoisotopic (exact) mass is 826 g/mol. The second-order valence-electron chi connectivity index (χ2n) is 16.8. The molecule has 3 aromatic heterocycles. The normalized spacial score (nSPS) is 11.7. The molecule has 0 amide bonds. The SMILES string of the molecule is c1ccc(-c2ccc3ccc4ccc(-c5ccc6c(ccc7cc(-c8c(-c9ccccc9)c9c(-c%10ccccc%10)nn(-c%10ccccc%10)c9c9ccccc89)ccc76)c5)nc4c3n2)cc1. The highest BCUT2D eigenvalue weighted by Crippen LogP contribution is 2.49. The van der Waals surface area contributed by atoms with E-state index in [0.29, 0.717) is 0 Å². The van der Waals surface area contributed by atoms with E-state index in [0.717, 1.165) is 88.7 Å². The lowest BCUT2D eigenvalue weighted by Gasteiger charge is -2.18. The number of pyridine rings is 2. The molecule has 0 aliphatic carbocycles. The van der Waals surface area contributed by atoms with Gasteiger partial charge in [0.05, 0.1) is 33.6 Å². The Balaban J connectivity index is 0.987. The summed E-state index contributed by atoms with van der Waals surface area (Å²) in [5, 5.41) is 15.9. The van der Waals surface area contributed by atoms with Gasteiger partial charge in [-0.3, -0.25) is 0 Å². The van der Waals surface area contributed by atoms with Crippen LogP contribution in [0.15, 0.2) is 231 Å². The molecular weight excluding hydrogens is 789 g/mol. The maximum absolute atomic E-state index is 5.47. The van der Waals surface area contributed by atoms with E-state index in [1.807, 2.05) is 6.07 Å². The molecule has 10 aromatic carbocycles. The molecule has 0 radical (unpaired) electrons. The number of aromatic nitrogens is 4. The van der Waals surface area contributed by atoms with E-state index in [4.69, 9.17) is 15.1 Å². The predicted octanol–water partition coefficient (Wildman–Crippen LogP) is 15.9. The minimum absolute atomic E-state index is 0.910. The minimum Gasteiger partial charge on any atom is -0.245 e. The van der Waals surface area contributed by atoms with Gasteiger partial charge in [0.2, 0.25) is 0 Å². The topological polar surface area (TPSA) is 43.6 Å². The van der Waals surface area contributed by atoms with Crippen molar-refractivity contribution in [3.63, 3.8) is 0 Å². The van der Waals surface area contributed by atoms with Gasteiger partial charge in [0.15, 0.2) is 0 Å². The molecule has 0 unspecified atom stereocenters. The van der Waals surface area contributed by atoms with Crippen LogP contribution in [-0.4, -0.2) is 19.7 Å². The first-order valence-electron chi connectivity index (χ1n) is 22.1. The second-order valence-corrected chi connectivity index (χ2v) is 16.8. The summed E-state index contributed by atoms with van der Waals surface area (Å²) in [6, 6.07) is 82.2. The molecule has 3 heterocycles. The van der Waals surface area contributed by atoms with E-state index in [2.05, 4.69) is 229 Å². The van der Waals surface area contributed by atoms with Crippen LogP contribution in [-0.2, 0) is 0 Å². The Morgan fingerprint density at radius 1 is 0.308 bits per heavy atom. The molecule has 0 aliphatic heterocycles. The van der Waals surface area contributed by atoms with Gasteiger partial charge < -0.3 is 0 Å². The molecule has 0 fully saturated rings. The third kappa shape index (κ3) is 6.11. The van der Waals surface area contributed by atoms with E-state index >= 15 is 0 Å². The first-order chi connectivity index (χ1) is 32.2. The van der Waals surface area contributed by atoms with Crippen molar-refractivity contribution in [2.24, 2.45) is 0 Å². The molecule has 0 saturated carbocycles. The summed E-state index contributed by atoms with van der Waals surface area (Å²) >= 11 is 0. The highest BCUT2D eigenvalue weighted by molar-refractivity contribution is 6.24. The molecular formula is C61H38N4. The molecule has 0 aliphatic rings. The average molecular weight is 827 g/mol. The van der Waals surface area contributed by atoms with Gasteiger partial charge in [0.1, 0.15) is 5.69 Å². The number of para-hydroxylation sites is 1. The number of benzene rings is 10. The molecule has 0 spiro atoms. The summed E-state index contributed by atoms with van der Waals surface area (Å²) in [5.41, 5.74) is 14.7. The van der Waals surface area contributed by atoms with Crippen molar-refractivity contribution in [2.45, 2.75) is 0 Å². The fourth-order valence-corrected chi connectivity index (χ4v) is 9.90. The summed E-state index contributed by atoms with van der Waals surface area (Å²) < 4.78 is 2.14. The second kappa shape index (κ2) is 15.0. The summed E-state index contributed by atoms with van der Waals surface area (Å²) in [6.45, 7) is 0. The smallest absolute Gasteiger partial charge is 0.101 e. The Bertz CT molecular complexity index is 3970. The van der Waals surface area contributed by atoms with Crippen molar-refractivity contribution in [3.05, 3.63) is 231 Å². The number of fused-ring (bicyclic) bond motifs is 9. The maximum atomic E-state index is 5.47. The Morgan fingerprint density at radius 3 is 1.42 bits per heavy atom. The molecule has 0 atom stereocenters. The van der Waals surface area contributed by atoms with Crippen LogP contribution in [0, 0.1) is 0 Å². The molecule has 0 saturated heterocycles. The third-order valence-corrected chi connectivity index (χ3v) is 13.0. The predicted molar refractivity (Wildman–Crippen MR) is 271 cm³/mol. The summed E-state index contributed by atoms with van der Waals surface area (Å²) in [7, 11) is 0. The van der Waals surface area contributed by atoms with Gasteiger partial charge in [-0.15, -0.1) is 0 Å². The first kappa shape index (κ1) is 36.9. The standard InChI is InChI=1S/C61H38N4/c1-5-15-39(16-6-1)53-35-31-42-25-26-43-32-36-54(63-60(43)59(42)62-53)46-29-33-49-44(37-46)27-28-45-38-47(30-34-50(45)49)55-51-23-13-14-24-52(51)61-57(56(55)40-17-7-2-8-18-40)58(41-19-9-3-10-20-41)64-65(61)48-21-11-4-12-22-48/h1-38H. The van der Waals surface area contributed by atoms with Gasteiger partial charge in [-0.05, 0) is 80.0 Å². The molecule has 302 valence electrons. The quantitative estimate of drug-likeness (QED) is 0.157. The number of nitrogens with zero attached hydrogens (tertiary/aromatic N) is 4. The van der Waals surface area contributed by atoms with Crippen LogP contribution in [0.3, 0.4) is 0 Å². The van der Waals surface area contributed by atoms with Crippen molar-refractivity contribution in [2.75, 3.05) is 0 Å². The highest BCUT2D eigenvalue weighted by Gasteiger charge is 2.25. The van der Waals surface area contributed by atoms with E-state index in [1.165, 1.54) is 38.1 Å². The van der Waals surface area contributed by atoms with E-state index in [-0.39, 0.29) is 0 Å². The van der Waals surface area contributed by atoms with Gasteiger partial charge in [-0.25, -0.2) is 14.6 Å². The lowest BCUT2D eigenvalue weighted by atomic mass is 9.85. The summed E-state index contributed by atoms with van der Waals surface area (Å²) in [5.74, 6) is 0. The van der Waals surface area contributed by atoms with Crippen LogP contribution in [0.4, 0.5) is 0 Å². The zero-order chi connectivity index (χ0) is 42.8. The molecule has 4 heteroatoms. The molecule has 4 nitrogen and oxygen atoms in total.